The molecule has 0 bridgehead atoms. The van der Waals surface area contributed by atoms with E-state index in [1.165, 1.54) is 6.20 Å². The highest BCUT2D eigenvalue weighted by Crippen LogP contribution is 2.24. The summed E-state index contributed by atoms with van der Waals surface area (Å²) >= 11 is 0. The fraction of sp³-hybridized carbons (Fsp3) is 0. The van der Waals surface area contributed by atoms with Gasteiger partial charge in [-0.3, -0.25) is 9.78 Å². The second-order valence-electron chi connectivity index (χ2n) is 2.61. The summed E-state index contributed by atoms with van der Waals surface area (Å²) in [4.78, 5) is 20.0. The number of carbonyl (C=O) groups excluding carboxylic acids is 1. The van der Waals surface area contributed by atoms with Gasteiger partial charge in [0.2, 0.25) is 0 Å². The Hall–Kier alpha value is -2.33. The Morgan fingerprint density at radius 3 is 3.21 bits per heavy atom. The lowest BCUT2D eigenvalue weighted by atomic mass is 10.2. The molecule has 14 heavy (non-hydrogen) atoms. The molecule has 6 nitrogen and oxygen atoms in total. The number of hydrogen-bond acceptors (Lipinski definition) is 3. The third-order valence-electron chi connectivity index (χ3n) is 1.88. The average molecular weight is 187 g/mol. The number of aldehydes is 1. The van der Waals surface area contributed by atoms with E-state index in [0.29, 0.717) is 16.5 Å². The van der Waals surface area contributed by atoms with Crippen molar-refractivity contribution in [1.29, 1.82) is 0 Å². The zero-order chi connectivity index (χ0) is 9.97. The standard InChI is InChI=1S/C8H5N5O/c9-13-12-8-7-6(1-2-10-8)5(4-14)3-11-7/h1-4,11H. The molecular weight excluding hydrogens is 182 g/mol. The molecule has 0 amide bonds. The molecule has 0 unspecified atom stereocenters. The first-order valence-electron chi connectivity index (χ1n) is 3.83. The van der Waals surface area contributed by atoms with Gasteiger partial charge in [-0.15, -0.1) is 0 Å². The van der Waals surface area contributed by atoms with Gasteiger partial charge in [0.1, 0.15) is 0 Å². The van der Waals surface area contributed by atoms with Gasteiger partial charge in [-0.1, -0.05) is 0 Å². The molecule has 2 heterocycles. The molecule has 0 aromatic carbocycles. The summed E-state index contributed by atoms with van der Waals surface area (Å²) in [6.45, 7) is 0. The Morgan fingerprint density at radius 2 is 2.50 bits per heavy atom. The van der Waals surface area contributed by atoms with Crippen LogP contribution in [0.25, 0.3) is 21.3 Å². The number of nitrogens with zero attached hydrogens (tertiary/aromatic N) is 4. The summed E-state index contributed by atoms with van der Waals surface area (Å²) in [5.74, 6) is 0.248. The SMILES string of the molecule is [N-]=[N+]=Nc1nccc2c(C=O)c[nH]c12. The Balaban J connectivity index is 2.82. The van der Waals surface area contributed by atoms with Crippen molar-refractivity contribution in [3.8, 4) is 0 Å². The molecule has 0 radical (unpaired) electrons. The van der Waals surface area contributed by atoms with Gasteiger partial charge in [0.25, 0.3) is 0 Å². The van der Waals surface area contributed by atoms with Crippen LogP contribution in [0.4, 0.5) is 5.82 Å². The second kappa shape index (κ2) is 3.20. The Kier molecular flexibility index (Phi) is 1.89. The van der Waals surface area contributed by atoms with Crippen LogP contribution in [-0.4, -0.2) is 16.3 Å². The predicted molar refractivity (Wildman–Crippen MR) is 50.3 cm³/mol. The summed E-state index contributed by atoms with van der Waals surface area (Å²) in [5, 5.41) is 4.11. The number of rotatable bonds is 2. The van der Waals surface area contributed by atoms with Crippen molar-refractivity contribution < 1.29 is 4.79 Å². The van der Waals surface area contributed by atoms with Crippen LogP contribution in [0.3, 0.4) is 0 Å². The number of carbonyl (C=O) groups is 1. The van der Waals surface area contributed by atoms with E-state index in [-0.39, 0.29) is 5.82 Å². The smallest absolute Gasteiger partial charge is 0.152 e. The monoisotopic (exact) mass is 187 g/mol. The molecule has 0 fully saturated rings. The van der Waals surface area contributed by atoms with Crippen molar-refractivity contribution >= 4 is 23.0 Å². The third-order valence-corrected chi connectivity index (χ3v) is 1.88. The van der Waals surface area contributed by atoms with E-state index in [4.69, 9.17) is 5.53 Å². The van der Waals surface area contributed by atoms with E-state index in [2.05, 4.69) is 20.0 Å². The van der Waals surface area contributed by atoms with Crippen LogP contribution in [0.1, 0.15) is 10.4 Å². The van der Waals surface area contributed by atoms with Crippen LogP contribution in [0.2, 0.25) is 0 Å². The molecule has 2 rings (SSSR count). The highest BCUT2D eigenvalue weighted by atomic mass is 16.1. The molecule has 1 N–H and O–H groups in total. The molecular formula is C8H5N5O. The lowest BCUT2D eigenvalue weighted by molar-refractivity contribution is 0.112. The maximum atomic E-state index is 10.6. The largest absolute Gasteiger partial charge is 0.359 e. The first-order valence-corrected chi connectivity index (χ1v) is 3.83. The molecule has 68 valence electrons. The molecule has 0 saturated carbocycles. The first kappa shape index (κ1) is 8.28. The molecule has 0 saturated heterocycles. The van der Waals surface area contributed by atoms with Gasteiger partial charge in [-0.25, -0.2) is 0 Å². The minimum Gasteiger partial charge on any atom is -0.359 e. The van der Waals surface area contributed by atoms with Gasteiger partial charge in [0.15, 0.2) is 12.1 Å². The summed E-state index contributed by atoms with van der Waals surface area (Å²) in [6, 6.07) is 1.69. The highest BCUT2D eigenvalue weighted by molar-refractivity contribution is 6.00. The summed E-state index contributed by atoms with van der Waals surface area (Å²) in [6.07, 6.45) is 3.78. The van der Waals surface area contributed by atoms with Gasteiger partial charge in [-0.05, 0) is 16.7 Å². The van der Waals surface area contributed by atoms with Crippen molar-refractivity contribution in [3.05, 3.63) is 34.5 Å². The van der Waals surface area contributed by atoms with Crippen LogP contribution in [0, 0.1) is 0 Å². The number of aromatic amines is 1. The van der Waals surface area contributed by atoms with Gasteiger partial charge in [0, 0.05) is 28.3 Å². The van der Waals surface area contributed by atoms with E-state index < -0.39 is 0 Å². The van der Waals surface area contributed by atoms with Crippen molar-refractivity contribution in [2.45, 2.75) is 0 Å². The molecule has 2 aromatic heterocycles. The quantitative estimate of drug-likeness (QED) is 0.338. The van der Waals surface area contributed by atoms with Gasteiger partial charge >= 0.3 is 0 Å². The molecule has 0 aliphatic heterocycles. The first-order chi connectivity index (χ1) is 6.86. The van der Waals surface area contributed by atoms with E-state index in [1.54, 1.807) is 12.3 Å². The van der Waals surface area contributed by atoms with E-state index >= 15 is 0 Å². The molecule has 0 aliphatic rings. The van der Waals surface area contributed by atoms with E-state index in [9.17, 15) is 4.79 Å². The second-order valence-corrected chi connectivity index (χ2v) is 2.61. The number of pyridine rings is 1. The summed E-state index contributed by atoms with van der Waals surface area (Å²) < 4.78 is 0. The van der Waals surface area contributed by atoms with Crippen LogP contribution in [-0.2, 0) is 0 Å². The molecule has 0 atom stereocenters. The van der Waals surface area contributed by atoms with Crippen LogP contribution in [0.5, 0.6) is 0 Å². The average Bonchev–Trinajstić information content (AvgIpc) is 2.62. The molecule has 6 heteroatoms. The number of azide groups is 1. The normalized spacial score (nSPS) is 9.71. The van der Waals surface area contributed by atoms with E-state index in [0.717, 1.165) is 6.29 Å². The number of hydrogen-bond donors (Lipinski definition) is 1. The summed E-state index contributed by atoms with van der Waals surface area (Å²) in [5.41, 5.74) is 9.38. The van der Waals surface area contributed by atoms with Crippen LogP contribution >= 0.6 is 0 Å². The molecule has 2 aromatic rings. The third kappa shape index (κ3) is 1.10. The molecule has 0 aliphatic carbocycles. The Bertz CT molecular complexity index is 538. The summed E-state index contributed by atoms with van der Waals surface area (Å²) in [7, 11) is 0. The minimum absolute atomic E-state index is 0.248. The van der Waals surface area contributed by atoms with Gasteiger partial charge in [0.05, 0.1) is 5.52 Å². The number of H-pyrrole nitrogens is 1. The number of aromatic nitrogens is 2. The predicted octanol–water partition coefficient (Wildman–Crippen LogP) is 2.32. The maximum absolute atomic E-state index is 10.6. The van der Waals surface area contributed by atoms with Gasteiger partial charge in [-0.2, -0.15) is 0 Å². The van der Waals surface area contributed by atoms with Crippen LogP contribution < -0.4 is 0 Å². The van der Waals surface area contributed by atoms with Crippen molar-refractivity contribution in [2.75, 3.05) is 0 Å². The van der Waals surface area contributed by atoms with Crippen molar-refractivity contribution in [2.24, 2.45) is 5.11 Å². The molecule has 0 spiro atoms. The lowest BCUT2D eigenvalue weighted by Crippen LogP contribution is -1.77. The topological polar surface area (TPSA) is 94.5 Å². The van der Waals surface area contributed by atoms with Crippen LogP contribution in [0.15, 0.2) is 23.6 Å². The Morgan fingerprint density at radius 1 is 1.64 bits per heavy atom. The van der Waals surface area contributed by atoms with Crippen molar-refractivity contribution in [3.63, 3.8) is 0 Å². The Labute approximate surface area is 78.2 Å². The lowest BCUT2D eigenvalue weighted by Gasteiger charge is -1.93. The zero-order valence-electron chi connectivity index (χ0n) is 7.01. The van der Waals surface area contributed by atoms with Gasteiger partial charge < -0.3 is 4.98 Å². The van der Waals surface area contributed by atoms with E-state index in [1.807, 2.05) is 0 Å². The fourth-order valence-electron chi connectivity index (χ4n) is 1.28. The number of nitrogens with one attached hydrogen (secondary N) is 1. The minimum atomic E-state index is 0.248. The highest BCUT2D eigenvalue weighted by Gasteiger charge is 2.05. The number of fused-ring (bicyclic) bond motifs is 1. The fourth-order valence-corrected chi connectivity index (χ4v) is 1.28. The van der Waals surface area contributed by atoms with Crippen molar-refractivity contribution in [1.82, 2.24) is 9.97 Å². The zero-order valence-corrected chi connectivity index (χ0v) is 7.01. The maximum Gasteiger partial charge on any atom is 0.152 e.